The van der Waals surface area contributed by atoms with E-state index in [0.29, 0.717) is 8.95 Å². The molecule has 0 aliphatic rings. The minimum Gasteiger partial charge on any atom is -0.263 e. The highest BCUT2D eigenvalue weighted by atomic mass is 79.9. The monoisotopic (exact) mass is 439 g/mol. The molecule has 0 atom stereocenters. The van der Waals surface area contributed by atoms with Crippen LogP contribution in [0.5, 0.6) is 0 Å². The molecule has 1 N–H and O–H groups in total. The van der Waals surface area contributed by atoms with Crippen molar-refractivity contribution in [3.63, 3.8) is 0 Å². The van der Waals surface area contributed by atoms with Gasteiger partial charge in [-0.25, -0.2) is 13.4 Å². The number of hydrogen-bond acceptors (Lipinski definition) is 4. The number of nitrogens with zero attached hydrogens (tertiary/aromatic N) is 2. The van der Waals surface area contributed by atoms with Gasteiger partial charge in [-0.3, -0.25) is 4.72 Å². The molecule has 5 nitrogen and oxygen atoms in total. The molecule has 0 saturated carbocycles. The van der Waals surface area contributed by atoms with Crippen LogP contribution in [0.25, 0.3) is 0 Å². The average molecular weight is 442 g/mol. The number of aromatic nitrogens is 2. The van der Waals surface area contributed by atoms with Crippen LogP contribution in [0.4, 0.5) is 5.82 Å². The van der Waals surface area contributed by atoms with Crippen molar-refractivity contribution < 1.29 is 8.42 Å². The highest BCUT2D eigenvalue weighted by Crippen LogP contribution is 2.29. The van der Waals surface area contributed by atoms with Gasteiger partial charge in [0.15, 0.2) is 0 Å². The fraction of sp³-hybridized carbons (Fsp3) is 0.0909. The first kappa shape index (κ1) is 15.7. The van der Waals surface area contributed by atoms with E-state index < -0.39 is 10.0 Å². The van der Waals surface area contributed by atoms with Gasteiger partial charge in [0.1, 0.15) is 10.7 Å². The molecule has 1 heterocycles. The molecule has 1 aromatic heterocycles. The molecule has 0 spiro atoms. The molecule has 0 amide bonds. The smallest absolute Gasteiger partial charge is 0.263 e. The topological polar surface area (TPSA) is 72.0 Å². The fourth-order valence-corrected chi connectivity index (χ4v) is 4.25. The van der Waals surface area contributed by atoms with Gasteiger partial charge in [-0.2, -0.15) is 4.98 Å². The SMILES string of the molecule is Cc1cc(Br)c(S(=O)(=O)Nc2ccnc(Cl)n2)cc1Br. The van der Waals surface area contributed by atoms with Crippen molar-refractivity contribution >= 4 is 59.3 Å². The van der Waals surface area contributed by atoms with Gasteiger partial charge in [0.05, 0.1) is 0 Å². The Morgan fingerprint density at radius 3 is 2.60 bits per heavy atom. The van der Waals surface area contributed by atoms with E-state index in [0.717, 1.165) is 5.56 Å². The number of nitrogens with one attached hydrogen (secondary N) is 1. The lowest BCUT2D eigenvalue weighted by Gasteiger charge is -2.10. The molecule has 2 aromatic rings. The second kappa shape index (κ2) is 5.97. The molecular formula is C11H8Br2ClN3O2S. The quantitative estimate of drug-likeness (QED) is 0.736. The largest absolute Gasteiger partial charge is 0.264 e. The van der Waals surface area contributed by atoms with Gasteiger partial charge in [0.2, 0.25) is 5.28 Å². The maximum absolute atomic E-state index is 12.3. The predicted octanol–water partition coefficient (Wildman–Crippen LogP) is 3.76. The number of rotatable bonds is 3. The molecule has 0 aliphatic carbocycles. The Hall–Kier alpha value is -0.700. The Kier molecular flexibility index (Phi) is 4.68. The van der Waals surface area contributed by atoms with E-state index in [1.54, 1.807) is 6.07 Å². The summed E-state index contributed by atoms with van der Waals surface area (Å²) in [6.45, 7) is 1.86. The molecule has 106 valence electrons. The summed E-state index contributed by atoms with van der Waals surface area (Å²) in [6.07, 6.45) is 1.37. The molecule has 20 heavy (non-hydrogen) atoms. The van der Waals surface area contributed by atoms with E-state index in [1.807, 2.05) is 6.92 Å². The molecule has 0 saturated heterocycles. The van der Waals surface area contributed by atoms with Crippen molar-refractivity contribution in [2.75, 3.05) is 4.72 Å². The van der Waals surface area contributed by atoms with Crippen LogP contribution in [0, 0.1) is 6.92 Å². The summed E-state index contributed by atoms with van der Waals surface area (Å²) in [4.78, 5) is 7.58. The Bertz CT molecular complexity index is 768. The highest BCUT2D eigenvalue weighted by Gasteiger charge is 2.20. The second-order valence-corrected chi connectivity index (χ2v) is 7.55. The van der Waals surface area contributed by atoms with E-state index in [9.17, 15) is 8.42 Å². The third-order valence-electron chi connectivity index (χ3n) is 2.37. The standard InChI is InChI=1S/C11H8Br2ClN3O2S/c1-6-4-8(13)9(5-7(6)12)20(18,19)17-10-2-3-15-11(14)16-10/h2-5H,1H3,(H,15,16,17). The van der Waals surface area contributed by atoms with Gasteiger partial charge >= 0.3 is 0 Å². The summed E-state index contributed by atoms with van der Waals surface area (Å²) < 4.78 is 28.2. The van der Waals surface area contributed by atoms with Crippen LogP contribution in [0.15, 0.2) is 38.2 Å². The molecule has 2 rings (SSSR count). The van der Waals surface area contributed by atoms with Crippen molar-refractivity contribution in [3.8, 4) is 0 Å². The number of hydrogen-bond donors (Lipinski definition) is 1. The molecule has 0 radical (unpaired) electrons. The van der Waals surface area contributed by atoms with E-state index in [1.165, 1.54) is 18.3 Å². The van der Waals surface area contributed by atoms with E-state index in [2.05, 4.69) is 46.5 Å². The Labute approximate surface area is 138 Å². The number of anilines is 1. The molecule has 0 aliphatic heterocycles. The average Bonchev–Trinajstić information content (AvgIpc) is 2.33. The first-order valence-corrected chi connectivity index (χ1v) is 8.71. The molecule has 1 aromatic carbocycles. The number of sulfonamides is 1. The van der Waals surface area contributed by atoms with E-state index in [-0.39, 0.29) is 16.0 Å². The van der Waals surface area contributed by atoms with Crippen molar-refractivity contribution in [3.05, 3.63) is 44.2 Å². The van der Waals surface area contributed by atoms with Crippen LogP contribution in [0.3, 0.4) is 0 Å². The Balaban J connectivity index is 2.43. The zero-order chi connectivity index (χ0) is 14.9. The van der Waals surface area contributed by atoms with Crippen LogP contribution in [0.1, 0.15) is 5.56 Å². The second-order valence-electron chi connectivity index (χ2n) is 3.85. The van der Waals surface area contributed by atoms with Crippen LogP contribution in [0.2, 0.25) is 5.28 Å². The highest BCUT2D eigenvalue weighted by molar-refractivity contribution is 9.11. The van der Waals surface area contributed by atoms with Gasteiger partial charge in [-0.05, 0) is 58.2 Å². The predicted molar refractivity (Wildman–Crippen MR) is 84.4 cm³/mol. The van der Waals surface area contributed by atoms with Crippen molar-refractivity contribution in [2.45, 2.75) is 11.8 Å². The number of halogens is 3. The third kappa shape index (κ3) is 3.49. The zero-order valence-corrected chi connectivity index (χ0v) is 14.8. The molecule has 0 bridgehead atoms. The normalized spacial score (nSPS) is 11.4. The summed E-state index contributed by atoms with van der Waals surface area (Å²) in [5.41, 5.74) is 0.918. The first-order valence-electron chi connectivity index (χ1n) is 5.26. The summed E-state index contributed by atoms with van der Waals surface area (Å²) in [6, 6.07) is 4.65. The lowest BCUT2D eigenvalue weighted by atomic mass is 10.2. The van der Waals surface area contributed by atoms with Crippen LogP contribution in [-0.4, -0.2) is 18.4 Å². The third-order valence-corrected chi connectivity index (χ3v) is 5.72. The van der Waals surface area contributed by atoms with Gasteiger partial charge in [0, 0.05) is 15.1 Å². The molecule has 0 unspecified atom stereocenters. The maximum atomic E-state index is 12.3. The van der Waals surface area contributed by atoms with Crippen molar-refractivity contribution in [2.24, 2.45) is 0 Å². The number of aryl methyl sites for hydroxylation is 1. The Morgan fingerprint density at radius 2 is 1.95 bits per heavy atom. The summed E-state index contributed by atoms with van der Waals surface area (Å²) in [5.74, 6) is 0.105. The zero-order valence-electron chi connectivity index (χ0n) is 10.1. The van der Waals surface area contributed by atoms with Gasteiger partial charge < -0.3 is 0 Å². The molecule has 0 fully saturated rings. The van der Waals surface area contributed by atoms with Crippen molar-refractivity contribution in [1.82, 2.24) is 9.97 Å². The summed E-state index contributed by atoms with van der Waals surface area (Å²) in [5, 5.41) is -0.0330. The Morgan fingerprint density at radius 1 is 1.25 bits per heavy atom. The summed E-state index contributed by atoms with van der Waals surface area (Å²) in [7, 11) is -3.78. The van der Waals surface area contributed by atoms with Gasteiger partial charge in [-0.15, -0.1) is 0 Å². The van der Waals surface area contributed by atoms with E-state index in [4.69, 9.17) is 11.6 Å². The van der Waals surface area contributed by atoms with Crippen LogP contribution >= 0.6 is 43.5 Å². The minimum atomic E-state index is -3.78. The lowest BCUT2D eigenvalue weighted by Crippen LogP contribution is -2.15. The van der Waals surface area contributed by atoms with Crippen molar-refractivity contribution in [1.29, 1.82) is 0 Å². The maximum Gasteiger partial charge on any atom is 0.264 e. The minimum absolute atomic E-state index is 0.0330. The van der Waals surface area contributed by atoms with E-state index >= 15 is 0 Å². The molecular weight excluding hydrogens is 433 g/mol. The first-order chi connectivity index (χ1) is 9.29. The van der Waals surface area contributed by atoms with Crippen LogP contribution < -0.4 is 4.72 Å². The fourth-order valence-electron chi connectivity index (χ4n) is 1.42. The van der Waals surface area contributed by atoms with Crippen LogP contribution in [-0.2, 0) is 10.0 Å². The summed E-state index contributed by atoms with van der Waals surface area (Å²) >= 11 is 12.2. The lowest BCUT2D eigenvalue weighted by molar-refractivity contribution is 0.600. The number of benzene rings is 1. The molecule has 9 heteroatoms. The van der Waals surface area contributed by atoms with Gasteiger partial charge in [-0.1, -0.05) is 15.9 Å². The van der Waals surface area contributed by atoms with Gasteiger partial charge in [0.25, 0.3) is 10.0 Å².